The lowest BCUT2D eigenvalue weighted by molar-refractivity contribution is -0.0512. The number of imidazole rings is 1. The highest BCUT2D eigenvalue weighted by molar-refractivity contribution is 7.46. The summed E-state index contributed by atoms with van der Waals surface area (Å²) in [6.07, 6.45) is -3.74. The average Bonchev–Trinajstić information content (AvgIpc) is 3.00. The first kappa shape index (κ1) is 17.0. The normalized spacial score (nSPS) is 30.0. The Labute approximate surface area is 135 Å². The number of nitrogens with two attached hydrogens (primary N) is 1. The van der Waals surface area contributed by atoms with Gasteiger partial charge < -0.3 is 35.8 Å². The van der Waals surface area contributed by atoms with Crippen LogP contribution >= 0.6 is 7.82 Å². The highest BCUT2D eigenvalue weighted by Gasteiger charge is 2.45. The Balaban J connectivity index is 1.84. The maximum atomic E-state index is 10.8. The van der Waals surface area contributed by atoms with E-state index < -0.39 is 39.0 Å². The summed E-state index contributed by atoms with van der Waals surface area (Å²) in [5, 5.41) is 22.9. The molecule has 2 aliphatic rings. The number of rotatable bonds is 4. The highest BCUT2D eigenvalue weighted by Crippen LogP contribution is 2.40. The van der Waals surface area contributed by atoms with Crippen molar-refractivity contribution < 1.29 is 33.8 Å². The Kier molecular flexibility index (Phi) is 4.21. The number of hydrogen-bond donors (Lipinski definition) is 6. The van der Waals surface area contributed by atoms with Crippen molar-refractivity contribution in [2.24, 2.45) is 10.7 Å². The van der Waals surface area contributed by atoms with E-state index in [9.17, 15) is 14.8 Å². The van der Waals surface area contributed by atoms with E-state index in [0.717, 1.165) is 0 Å². The molecule has 1 aromatic rings. The fourth-order valence-electron chi connectivity index (χ4n) is 2.49. The summed E-state index contributed by atoms with van der Waals surface area (Å²) in [4.78, 5) is 25.6. The molecule has 2 unspecified atom stereocenters. The van der Waals surface area contributed by atoms with E-state index in [4.69, 9.17) is 20.3 Å². The van der Waals surface area contributed by atoms with Gasteiger partial charge in [0, 0.05) is 0 Å². The van der Waals surface area contributed by atoms with Crippen LogP contribution in [-0.4, -0.2) is 60.4 Å². The molecule has 3 heterocycles. The van der Waals surface area contributed by atoms with Crippen LogP contribution in [0.15, 0.2) is 17.9 Å². The van der Waals surface area contributed by atoms with Crippen molar-refractivity contribution in [2.45, 2.75) is 24.5 Å². The molecular weight excluding hydrogens is 345 g/mol. The third-order valence-electron chi connectivity index (χ3n) is 3.58. The van der Waals surface area contributed by atoms with Gasteiger partial charge in [0.15, 0.2) is 18.0 Å². The molecule has 0 saturated carbocycles. The third-order valence-corrected chi connectivity index (χ3v) is 4.06. The molecular formula is C11H16N5O7P. The summed E-state index contributed by atoms with van der Waals surface area (Å²) in [5.41, 5.74) is 6.43. The lowest BCUT2D eigenvalue weighted by atomic mass is 10.1. The largest absolute Gasteiger partial charge is 0.469 e. The second kappa shape index (κ2) is 5.93. The van der Waals surface area contributed by atoms with Crippen molar-refractivity contribution in [3.05, 3.63) is 18.6 Å². The summed E-state index contributed by atoms with van der Waals surface area (Å²) in [7, 11) is -4.73. The molecule has 0 aromatic carbocycles. The Morgan fingerprint density at radius 3 is 2.83 bits per heavy atom. The maximum Gasteiger partial charge on any atom is 0.469 e. The number of hydrogen-bond acceptors (Lipinski definition) is 9. The zero-order valence-corrected chi connectivity index (χ0v) is 13.1. The van der Waals surface area contributed by atoms with Crippen LogP contribution in [0, 0.1) is 0 Å². The summed E-state index contributed by atoms with van der Waals surface area (Å²) < 4.78 is 21.9. The van der Waals surface area contributed by atoms with Gasteiger partial charge in [0.2, 0.25) is 0 Å². The third kappa shape index (κ3) is 3.08. The average molecular weight is 361 g/mol. The number of aliphatic hydroxyl groups is 2. The minimum atomic E-state index is -4.73. The van der Waals surface area contributed by atoms with Gasteiger partial charge >= 0.3 is 7.82 Å². The molecule has 0 bridgehead atoms. The molecule has 1 aromatic heterocycles. The van der Waals surface area contributed by atoms with E-state index in [1.807, 2.05) is 0 Å². The number of aliphatic imine (C=N–C) groups is 1. The smallest absolute Gasteiger partial charge is 0.387 e. The van der Waals surface area contributed by atoms with Gasteiger partial charge in [-0.1, -0.05) is 6.58 Å². The van der Waals surface area contributed by atoms with Crippen molar-refractivity contribution >= 4 is 25.3 Å². The topological polar surface area (TPSA) is 185 Å². The van der Waals surface area contributed by atoms with Crippen LogP contribution in [0.5, 0.6) is 0 Å². The van der Waals surface area contributed by atoms with Crippen LogP contribution in [0.3, 0.4) is 0 Å². The van der Waals surface area contributed by atoms with E-state index in [1.165, 1.54) is 10.9 Å². The number of guanidine groups is 1. The van der Waals surface area contributed by atoms with Gasteiger partial charge in [-0.3, -0.25) is 9.09 Å². The molecule has 132 valence electrons. The zero-order valence-electron chi connectivity index (χ0n) is 12.2. The number of nitrogens with one attached hydrogen (secondary N) is 1. The molecule has 4 atom stereocenters. The minimum absolute atomic E-state index is 0.0728. The number of nitrogens with zero attached hydrogens (tertiary/aromatic N) is 3. The van der Waals surface area contributed by atoms with E-state index in [0.29, 0.717) is 11.4 Å². The second-order valence-electron chi connectivity index (χ2n) is 5.26. The van der Waals surface area contributed by atoms with Gasteiger partial charge in [0.25, 0.3) is 0 Å². The lowest BCUT2D eigenvalue weighted by Crippen LogP contribution is -2.34. The second-order valence-corrected chi connectivity index (χ2v) is 6.50. The molecule has 7 N–H and O–H groups in total. The molecule has 1 fully saturated rings. The number of aliphatic hydroxyl groups excluding tert-OH is 2. The van der Waals surface area contributed by atoms with Crippen molar-refractivity contribution in [2.75, 3.05) is 6.61 Å². The SMILES string of the molecule is C=C1NC(N)=Nc2c1ncn2[C@@H]1O[C@H](COP(=O)(O)O)C(O)C1O. The summed E-state index contributed by atoms with van der Waals surface area (Å²) >= 11 is 0. The number of aromatic nitrogens is 2. The molecule has 24 heavy (non-hydrogen) atoms. The Bertz CT molecular complexity index is 743. The first-order valence-electron chi connectivity index (χ1n) is 6.76. The van der Waals surface area contributed by atoms with Crippen molar-refractivity contribution in [1.82, 2.24) is 14.9 Å². The standard InChI is InChI=1S/C11H16N5O7P/c1-4-6-9(15-11(12)14-4)16(3-13-6)10-8(18)7(17)5(23-10)2-22-24(19,20)21/h3,5,7-8,10,17-18H,1-2H2,(H3,12,14,15)(H2,19,20,21)/t5-,7?,8?,10-/m1/s1. The predicted molar refractivity (Wildman–Crippen MR) is 79.6 cm³/mol. The number of ether oxygens (including phenoxy) is 1. The van der Waals surface area contributed by atoms with E-state index in [2.05, 4.69) is 26.4 Å². The highest BCUT2D eigenvalue weighted by atomic mass is 31.2. The Hall–Kier alpha value is -1.79. The van der Waals surface area contributed by atoms with Gasteiger partial charge in [0.05, 0.1) is 18.6 Å². The minimum Gasteiger partial charge on any atom is -0.387 e. The molecule has 12 nitrogen and oxygen atoms in total. The van der Waals surface area contributed by atoms with Crippen LogP contribution < -0.4 is 11.1 Å². The first-order chi connectivity index (χ1) is 11.2. The van der Waals surface area contributed by atoms with Gasteiger partial charge in [-0.2, -0.15) is 4.99 Å². The molecule has 0 amide bonds. The first-order valence-corrected chi connectivity index (χ1v) is 8.29. The van der Waals surface area contributed by atoms with E-state index >= 15 is 0 Å². The number of fused-ring (bicyclic) bond motifs is 1. The molecule has 0 aliphatic carbocycles. The zero-order chi connectivity index (χ0) is 17.6. The number of phosphoric ester groups is 1. The van der Waals surface area contributed by atoms with Crippen LogP contribution in [0.1, 0.15) is 11.9 Å². The molecule has 0 radical (unpaired) electrons. The van der Waals surface area contributed by atoms with Crippen molar-refractivity contribution in [1.29, 1.82) is 0 Å². The fourth-order valence-corrected chi connectivity index (χ4v) is 2.83. The van der Waals surface area contributed by atoms with Crippen LogP contribution in [0.25, 0.3) is 5.70 Å². The Morgan fingerprint density at radius 2 is 2.17 bits per heavy atom. The van der Waals surface area contributed by atoms with Crippen molar-refractivity contribution in [3.8, 4) is 0 Å². The van der Waals surface area contributed by atoms with Gasteiger partial charge in [-0.15, -0.1) is 0 Å². The quantitative estimate of drug-likeness (QED) is 0.332. The molecule has 0 spiro atoms. The van der Waals surface area contributed by atoms with E-state index in [1.54, 1.807) is 0 Å². The predicted octanol–water partition coefficient (Wildman–Crippen LogP) is -1.87. The van der Waals surface area contributed by atoms with E-state index in [-0.39, 0.29) is 11.8 Å². The van der Waals surface area contributed by atoms with Crippen LogP contribution in [-0.2, 0) is 13.8 Å². The van der Waals surface area contributed by atoms with Crippen LogP contribution in [0.4, 0.5) is 5.82 Å². The van der Waals surface area contributed by atoms with Crippen molar-refractivity contribution in [3.63, 3.8) is 0 Å². The van der Waals surface area contributed by atoms with Gasteiger partial charge in [-0.05, 0) is 0 Å². The summed E-state index contributed by atoms with van der Waals surface area (Å²) in [6.45, 7) is 3.14. The summed E-state index contributed by atoms with van der Waals surface area (Å²) in [5.74, 6) is 0.340. The Morgan fingerprint density at radius 1 is 1.46 bits per heavy atom. The summed E-state index contributed by atoms with van der Waals surface area (Å²) in [6, 6.07) is 0. The monoisotopic (exact) mass is 361 g/mol. The van der Waals surface area contributed by atoms with Gasteiger partial charge in [-0.25, -0.2) is 9.55 Å². The van der Waals surface area contributed by atoms with Crippen LogP contribution in [0.2, 0.25) is 0 Å². The molecule has 1 saturated heterocycles. The molecule has 13 heteroatoms. The van der Waals surface area contributed by atoms with Gasteiger partial charge in [0.1, 0.15) is 24.0 Å². The molecule has 3 rings (SSSR count). The number of phosphoric acid groups is 1. The molecule has 2 aliphatic heterocycles. The lowest BCUT2D eigenvalue weighted by Gasteiger charge is -2.20. The fraction of sp³-hybridized carbons (Fsp3) is 0.455. The maximum absolute atomic E-state index is 10.8.